The zero-order valence-corrected chi connectivity index (χ0v) is 19.8. The number of hydrogen-bond acceptors (Lipinski definition) is 8. The molecular formula is C25H23F3N6O3. The predicted molar refractivity (Wildman–Crippen MR) is 128 cm³/mol. The summed E-state index contributed by atoms with van der Waals surface area (Å²) in [5.74, 6) is 0.0670. The van der Waals surface area contributed by atoms with Crippen molar-refractivity contribution in [1.29, 1.82) is 0 Å². The van der Waals surface area contributed by atoms with Crippen LogP contribution >= 0.6 is 0 Å². The Hall–Kier alpha value is -4.22. The Morgan fingerprint density at radius 1 is 1.16 bits per heavy atom. The molecule has 0 spiro atoms. The van der Waals surface area contributed by atoms with E-state index in [1.807, 2.05) is 0 Å². The van der Waals surface area contributed by atoms with Gasteiger partial charge in [-0.05, 0) is 25.1 Å². The fourth-order valence-corrected chi connectivity index (χ4v) is 4.27. The van der Waals surface area contributed by atoms with Crippen LogP contribution in [0.1, 0.15) is 35.8 Å². The topological polar surface area (TPSA) is 106 Å². The Balaban J connectivity index is 1.33. The second-order valence-corrected chi connectivity index (χ2v) is 8.44. The number of hydrogen-bond donors (Lipinski definition) is 1. The Labute approximate surface area is 209 Å². The van der Waals surface area contributed by atoms with Crippen LogP contribution in [0.3, 0.4) is 0 Å². The summed E-state index contributed by atoms with van der Waals surface area (Å²) in [5, 5.41) is 0.625. The number of carbonyl (C=O) groups excluding carboxylic acids is 1. The number of ether oxygens (including phenoxy) is 2. The molecule has 0 aliphatic carbocycles. The highest BCUT2D eigenvalue weighted by molar-refractivity contribution is 5.95. The number of H-pyrrole nitrogens is 1. The third-order valence-electron chi connectivity index (χ3n) is 6.03. The lowest BCUT2D eigenvalue weighted by Gasteiger charge is -2.32. The van der Waals surface area contributed by atoms with Crippen LogP contribution in [0.25, 0.3) is 22.3 Å². The number of aromatic nitrogens is 5. The fraction of sp³-hybridized carbons (Fsp3) is 0.320. The summed E-state index contributed by atoms with van der Waals surface area (Å²) in [5.41, 5.74) is -1.02. The van der Waals surface area contributed by atoms with Crippen molar-refractivity contribution >= 4 is 22.8 Å². The van der Waals surface area contributed by atoms with Gasteiger partial charge in [-0.15, -0.1) is 0 Å². The summed E-state index contributed by atoms with van der Waals surface area (Å²) >= 11 is 0. The van der Waals surface area contributed by atoms with E-state index in [1.165, 1.54) is 13.1 Å². The van der Waals surface area contributed by atoms with Crippen LogP contribution < -0.4 is 9.64 Å². The molecule has 0 amide bonds. The van der Waals surface area contributed by atoms with E-state index in [0.717, 1.165) is 32.1 Å². The van der Waals surface area contributed by atoms with Crippen molar-refractivity contribution in [1.82, 2.24) is 24.9 Å². The first-order valence-corrected chi connectivity index (χ1v) is 11.7. The molecule has 1 fully saturated rings. The molecular weight excluding hydrogens is 489 g/mol. The van der Waals surface area contributed by atoms with Gasteiger partial charge in [0.05, 0.1) is 6.61 Å². The van der Waals surface area contributed by atoms with E-state index in [2.05, 4.69) is 29.8 Å². The standard InChI is InChI=1S/C25H23F3N6O3/c1-2-36-23(35)19-14-32-22(33-21(19)25(26,27)28)18-13-31-20-12-16(4-5-17(18)20)37-15-6-10-34(11-7-15)24-29-8-3-9-30-24/h3-5,8-9,12-15,31H,2,6-7,10-11H2,1H3. The van der Waals surface area contributed by atoms with E-state index in [1.54, 1.807) is 36.7 Å². The third-order valence-corrected chi connectivity index (χ3v) is 6.03. The number of piperidine rings is 1. The van der Waals surface area contributed by atoms with Gasteiger partial charge in [-0.3, -0.25) is 0 Å². The lowest BCUT2D eigenvalue weighted by atomic mass is 10.1. The quantitative estimate of drug-likeness (QED) is 0.372. The molecule has 3 aromatic heterocycles. The number of halogens is 3. The van der Waals surface area contributed by atoms with Gasteiger partial charge in [0.25, 0.3) is 0 Å². The molecule has 0 atom stereocenters. The van der Waals surface area contributed by atoms with Crippen molar-refractivity contribution in [2.45, 2.75) is 32.0 Å². The predicted octanol–water partition coefficient (Wildman–Crippen LogP) is 4.66. The van der Waals surface area contributed by atoms with Gasteiger partial charge >= 0.3 is 12.1 Å². The summed E-state index contributed by atoms with van der Waals surface area (Å²) in [6.45, 7) is 2.98. The Bertz CT molecular complexity index is 1400. The van der Waals surface area contributed by atoms with Crippen molar-refractivity contribution in [2.24, 2.45) is 0 Å². The minimum atomic E-state index is -4.85. The Kier molecular flexibility index (Phi) is 6.64. The van der Waals surface area contributed by atoms with E-state index < -0.39 is 23.4 Å². The number of esters is 1. The number of fused-ring (bicyclic) bond motifs is 1. The first kappa shape index (κ1) is 24.5. The van der Waals surface area contributed by atoms with Crippen molar-refractivity contribution in [3.05, 3.63) is 60.3 Å². The molecule has 1 saturated heterocycles. The second kappa shape index (κ2) is 10.0. The molecule has 192 valence electrons. The van der Waals surface area contributed by atoms with Gasteiger partial charge in [0, 0.05) is 73.3 Å². The zero-order valence-electron chi connectivity index (χ0n) is 19.8. The monoisotopic (exact) mass is 512 g/mol. The number of alkyl halides is 3. The van der Waals surface area contributed by atoms with Crippen molar-refractivity contribution in [2.75, 3.05) is 24.6 Å². The highest BCUT2D eigenvalue weighted by Crippen LogP contribution is 2.34. The SMILES string of the molecule is CCOC(=O)c1cnc(-c2c[nH]c3cc(OC4CCN(c5ncccn5)CC4)ccc23)nc1C(F)(F)F. The van der Waals surface area contributed by atoms with E-state index in [-0.39, 0.29) is 18.5 Å². The fourth-order valence-electron chi connectivity index (χ4n) is 4.27. The minimum Gasteiger partial charge on any atom is -0.490 e. The maximum atomic E-state index is 13.6. The van der Waals surface area contributed by atoms with Crippen LogP contribution in [-0.2, 0) is 10.9 Å². The average Bonchev–Trinajstić information content (AvgIpc) is 3.32. The Morgan fingerprint density at radius 2 is 1.92 bits per heavy atom. The number of rotatable bonds is 6. The van der Waals surface area contributed by atoms with E-state index in [9.17, 15) is 18.0 Å². The van der Waals surface area contributed by atoms with E-state index in [0.29, 0.717) is 28.2 Å². The number of aromatic amines is 1. The zero-order chi connectivity index (χ0) is 26.0. The van der Waals surface area contributed by atoms with Crippen LogP contribution in [0.15, 0.2) is 49.1 Å². The van der Waals surface area contributed by atoms with Crippen molar-refractivity contribution < 1.29 is 27.4 Å². The van der Waals surface area contributed by atoms with E-state index >= 15 is 0 Å². The summed E-state index contributed by atoms with van der Waals surface area (Å²) in [7, 11) is 0. The number of carbonyl (C=O) groups is 1. The van der Waals surface area contributed by atoms with Crippen LogP contribution in [0.2, 0.25) is 0 Å². The average molecular weight is 512 g/mol. The molecule has 1 aromatic carbocycles. The van der Waals surface area contributed by atoms with Crippen LogP contribution in [0.5, 0.6) is 5.75 Å². The summed E-state index contributed by atoms with van der Waals surface area (Å²) < 4.78 is 51.8. The lowest BCUT2D eigenvalue weighted by Crippen LogP contribution is -2.39. The first-order valence-electron chi connectivity index (χ1n) is 11.7. The molecule has 0 unspecified atom stereocenters. The summed E-state index contributed by atoms with van der Waals surface area (Å²) in [6, 6.07) is 7.09. The molecule has 4 heterocycles. The first-order chi connectivity index (χ1) is 17.8. The van der Waals surface area contributed by atoms with Crippen LogP contribution in [0, 0.1) is 0 Å². The largest absolute Gasteiger partial charge is 0.490 e. The van der Waals surface area contributed by atoms with E-state index in [4.69, 9.17) is 9.47 Å². The number of nitrogens with one attached hydrogen (secondary N) is 1. The minimum absolute atomic E-state index is 0.0138. The van der Waals surface area contributed by atoms with Gasteiger partial charge in [-0.2, -0.15) is 13.2 Å². The number of anilines is 1. The maximum absolute atomic E-state index is 13.6. The van der Waals surface area contributed by atoms with Crippen molar-refractivity contribution in [3.8, 4) is 17.1 Å². The molecule has 12 heteroatoms. The normalized spacial score (nSPS) is 14.6. The molecule has 1 aliphatic rings. The van der Waals surface area contributed by atoms with Gasteiger partial charge in [0.2, 0.25) is 5.95 Å². The van der Waals surface area contributed by atoms with Gasteiger partial charge in [-0.25, -0.2) is 24.7 Å². The molecule has 1 aliphatic heterocycles. The molecule has 0 saturated carbocycles. The molecule has 4 aromatic rings. The summed E-state index contributed by atoms with van der Waals surface area (Å²) in [4.78, 5) is 33.4. The molecule has 9 nitrogen and oxygen atoms in total. The smallest absolute Gasteiger partial charge is 0.434 e. The highest BCUT2D eigenvalue weighted by atomic mass is 19.4. The van der Waals surface area contributed by atoms with Gasteiger partial charge in [0.15, 0.2) is 11.5 Å². The van der Waals surface area contributed by atoms with Crippen LogP contribution in [0.4, 0.5) is 19.1 Å². The Morgan fingerprint density at radius 3 is 2.62 bits per heavy atom. The summed E-state index contributed by atoms with van der Waals surface area (Å²) in [6.07, 6.45) is 2.58. The maximum Gasteiger partial charge on any atom is 0.434 e. The molecule has 1 N–H and O–H groups in total. The number of nitrogens with zero attached hydrogens (tertiary/aromatic N) is 5. The van der Waals surface area contributed by atoms with Gasteiger partial charge in [0.1, 0.15) is 17.4 Å². The number of benzene rings is 1. The molecule has 37 heavy (non-hydrogen) atoms. The third kappa shape index (κ3) is 5.18. The molecule has 5 rings (SSSR count). The highest BCUT2D eigenvalue weighted by Gasteiger charge is 2.39. The van der Waals surface area contributed by atoms with Gasteiger partial charge < -0.3 is 19.4 Å². The molecule has 0 bridgehead atoms. The van der Waals surface area contributed by atoms with Crippen LogP contribution in [-0.4, -0.2) is 56.7 Å². The lowest BCUT2D eigenvalue weighted by molar-refractivity contribution is -0.141. The second-order valence-electron chi connectivity index (χ2n) is 8.44. The molecule has 0 radical (unpaired) electrons. The van der Waals surface area contributed by atoms with Gasteiger partial charge in [-0.1, -0.05) is 0 Å². The van der Waals surface area contributed by atoms with Crippen molar-refractivity contribution in [3.63, 3.8) is 0 Å².